The second kappa shape index (κ2) is 8.55. The lowest BCUT2D eigenvalue weighted by Gasteiger charge is -2.14. The van der Waals surface area contributed by atoms with Crippen molar-refractivity contribution in [2.75, 3.05) is 21.3 Å². The molecule has 0 aromatic heterocycles. The Kier molecular flexibility index (Phi) is 6.71. The fourth-order valence-electron chi connectivity index (χ4n) is 2.17. The van der Waals surface area contributed by atoms with Gasteiger partial charge in [-0.25, -0.2) is 0 Å². The molecule has 24 heavy (non-hydrogen) atoms. The van der Waals surface area contributed by atoms with E-state index in [1.165, 1.54) is 0 Å². The monoisotopic (exact) mass is 456 g/mol. The number of methoxy groups -OCH3 is 3. The number of halogens is 2. The van der Waals surface area contributed by atoms with Crippen molar-refractivity contribution >= 4 is 37.9 Å². The zero-order chi connectivity index (χ0) is 17.7. The summed E-state index contributed by atoms with van der Waals surface area (Å²) in [5.41, 5.74) is 1.62. The van der Waals surface area contributed by atoms with Gasteiger partial charge in [-0.15, -0.1) is 0 Å². The van der Waals surface area contributed by atoms with E-state index in [-0.39, 0.29) is 0 Å². The zero-order valence-electron chi connectivity index (χ0n) is 13.5. The van der Waals surface area contributed by atoms with E-state index in [1.54, 1.807) is 39.5 Å². The largest absolute Gasteiger partial charge is 0.497 e. The van der Waals surface area contributed by atoms with Gasteiger partial charge in [-0.3, -0.25) is 0 Å². The van der Waals surface area contributed by atoms with Gasteiger partial charge in [-0.05, 0) is 29.8 Å². The van der Waals surface area contributed by atoms with E-state index in [0.29, 0.717) is 17.1 Å². The number of ether oxygens (including phenoxy) is 3. The molecule has 4 nitrogen and oxygen atoms in total. The lowest BCUT2D eigenvalue weighted by atomic mass is 10.1. The Balaban J connectivity index is 2.27. The van der Waals surface area contributed by atoms with Gasteiger partial charge in [-0.1, -0.05) is 50.1 Å². The molecular weight excluding hydrogens is 440 g/mol. The fourth-order valence-corrected chi connectivity index (χ4v) is 3.21. The van der Waals surface area contributed by atoms with Gasteiger partial charge in [0, 0.05) is 14.5 Å². The Labute approximate surface area is 158 Å². The lowest BCUT2D eigenvalue weighted by Crippen LogP contribution is -1.98. The van der Waals surface area contributed by atoms with Crippen molar-refractivity contribution in [1.29, 1.82) is 0 Å². The van der Waals surface area contributed by atoms with Crippen LogP contribution in [0.15, 0.2) is 45.4 Å². The van der Waals surface area contributed by atoms with Crippen LogP contribution in [0.5, 0.6) is 17.2 Å². The maximum atomic E-state index is 10.5. The van der Waals surface area contributed by atoms with Crippen LogP contribution < -0.4 is 14.2 Å². The van der Waals surface area contributed by atoms with Crippen molar-refractivity contribution in [3.63, 3.8) is 0 Å². The molecule has 0 spiro atoms. The van der Waals surface area contributed by atoms with Crippen LogP contribution in [0.3, 0.4) is 0 Å². The van der Waals surface area contributed by atoms with Crippen LogP contribution in [-0.2, 0) is 0 Å². The Morgan fingerprint density at radius 1 is 0.917 bits per heavy atom. The lowest BCUT2D eigenvalue weighted by molar-refractivity contribution is 0.228. The van der Waals surface area contributed by atoms with Gasteiger partial charge in [0.1, 0.15) is 5.75 Å². The fraction of sp³-hybridized carbons (Fsp3) is 0.222. The minimum Gasteiger partial charge on any atom is -0.497 e. The molecule has 1 unspecified atom stereocenters. The normalized spacial score (nSPS) is 12.2. The highest BCUT2D eigenvalue weighted by molar-refractivity contribution is 9.10. The van der Waals surface area contributed by atoms with E-state index in [0.717, 1.165) is 20.3 Å². The highest BCUT2D eigenvalue weighted by Gasteiger charge is 2.14. The van der Waals surface area contributed by atoms with Gasteiger partial charge in [0.15, 0.2) is 11.5 Å². The average molecular weight is 458 g/mol. The van der Waals surface area contributed by atoms with Gasteiger partial charge in [0.25, 0.3) is 0 Å². The first-order valence-corrected chi connectivity index (χ1v) is 8.70. The first-order valence-electron chi connectivity index (χ1n) is 7.11. The third kappa shape index (κ3) is 4.32. The molecule has 0 bridgehead atoms. The summed E-state index contributed by atoms with van der Waals surface area (Å²) in [5.74, 6) is 1.93. The quantitative estimate of drug-likeness (QED) is 0.664. The van der Waals surface area contributed by atoms with Crippen LogP contribution >= 0.6 is 31.9 Å². The molecule has 0 heterocycles. The Bertz CT molecular complexity index is 744. The van der Waals surface area contributed by atoms with Gasteiger partial charge < -0.3 is 19.3 Å². The molecule has 0 fully saturated rings. The molecule has 0 aliphatic rings. The molecule has 1 atom stereocenters. The Morgan fingerprint density at radius 3 is 2.17 bits per heavy atom. The third-order valence-electron chi connectivity index (χ3n) is 3.49. The summed E-state index contributed by atoms with van der Waals surface area (Å²) in [6.07, 6.45) is 2.75. The molecule has 0 amide bonds. The van der Waals surface area contributed by atoms with Crippen LogP contribution in [0.25, 0.3) is 6.08 Å². The van der Waals surface area contributed by atoms with Gasteiger partial charge in [0.2, 0.25) is 0 Å². The summed E-state index contributed by atoms with van der Waals surface area (Å²) < 4.78 is 17.3. The van der Waals surface area contributed by atoms with E-state index in [2.05, 4.69) is 31.9 Å². The first-order chi connectivity index (χ1) is 11.5. The van der Waals surface area contributed by atoms with E-state index in [9.17, 15) is 5.11 Å². The Morgan fingerprint density at radius 2 is 1.58 bits per heavy atom. The van der Waals surface area contributed by atoms with E-state index in [1.807, 2.05) is 24.3 Å². The third-order valence-corrected chi connectivity index (χ3v) is 4.86. The number of rotatable bonds is 6. The number of aliphatic hydroxyl groups excluding tert-OH is 1. The summed E-state index contributed by atoms with van der Waals surface area (Å²) in [6.45, 7) is 0. The standard InChI is InChI=1S/C18H18Br2O4/c1-22-12-6-4-11(14(19)8-12)5-7-16(21)13-9-17(23-2)18(24-3)10-15(13)20/h4-10,16,21H,1-3H3/b7-5+. The Hall–Kier alpha value is -1.50. The topological polar surface area (TPSA) is 47.9 Å². The van der Waals surface area contributed by atoms with Gasteiger partial charge in [0.05, 0.1) is 27.4 Å². The number of aliphatic hydroxyl groups is 1. The van der Waals surface area contributed by atoms with Crippen molar-refractivity contribution in [2.45, 2.75) is 6.10 Å². The summed E-state index contributed by atoms with van der Waals surface area (Å²) >= 11 is 6.95. The average Bonchev–Trinajstić information content (AvgIpc) is 2.59. The van der Waals surface area contributed by atoms with Gasteiger partial charge in [-0.2, -0.15) is 0 Å². The molecule has 2 aromatic rings. The maximum absolute atomic E-state index is 10.5. The molecule has 2 rings (SSSR count). The maximum Gasteiger partial charge on any atom is 0.161 e. The molecule has 0 aliphatic heterocycles. The highest BCUT2D eigenvalue weighted by Crippen LogP contribution is 2.36. The summed E-state index contributed by atoms with van der Waals surface area (Å²) in [7, 11) is 4.75. The molecule has 0 saturated heterocycles. The van der Waals surface area contributed by atoms with Crippen LogP contribution in [0.1, 0.15) is 17.2 Å². The molecule has 1 N–H and O–H groups in total. The number of benzene rings is 2. The molecule has 0 radical (unpaired) electrons. The van der Waals surface area contributed by atoms with Gasteiger partial charge >= 0.3 is 0 Å². The second-order valence-electron chi connectivity index (χ2n) is 4.92. The number of hydrogen-bond donors (Lipinski definition) is 1. The number of hydrogen-bond acceptors (Lipinski definition) is 4. The molecule has 0 aliphatic carbocycles. The minimum atomic E-state index is -0.798. The second-order valence-corrected chi connectivity index (χ2v) is 6.63. The predicted octanol–water partition coefficient (Wildman–Crippen LogP) is 4.98. The van der Waals surface area contributed by atoms with Crippen molar-refractivity contribution in [2.24, 2.45) is 0 Å². The molecule has 0 saturated carbocycles. The SMILES string of the molecule is COc1ccc(/C=C/C(O)c2cc(OC)c(OC)cc2Br)c(Br)c1. The van der Waals surface area contributed by atoms with Crippen LogP contribution in [0, 0.1) is 0 Å². The van der Waals surface area contributed by atoms with Crippen molar-refractivity contribution in [3.8, 4) is 17.2 Å². The van der Waals surface area contributed by atoms with E-state index >= 15 is 0 Å². The summed E-state index contributed by atoms with van der Waals surface area (Å²) in [6, 6.07) is 9.17. The van der Waals surface area contributed by atoms with Crippen LogP contribution in [0.2, 0.25) is 0 Å². The molecule has 6 heteroatoms. The molecular formula is C18H18Br2O4. The van der Waals surface area contributed by atoms with Crippen molar-refractivity contribution < 1.29 is 19.3 Å². The zero-order valence-corrected chi connectivity index (χ0v) is 16.7. The van der Waals surface area contributed by atoms with E-state index in [4.69, 9.17) is 14.2 Å². The molecule has 2 aromatic carbocycles. The highest BCUT2D eigenvalue weighted by atomic mass is 79.9. The minimum absolute atomic E-state index is 0.564. The predicted molar refractivity (Wildman–Crippen MR) is 102 cm³/mol. The molecule has 128 valence electrons. The van der Waals surface area contributed by atoms with Crippen LogP contribution in [0.4, 0.5) is 0 Å². The van der Waals surface area contributed by atoms with Crippen molar-refractivity contribution in [1.82, 2.24) is 0 Å². The summed E-state index contributed by atoms with van der Waals surface area (Å²) in [5, 5.41) is 10.5. The van der Waals surface area contributed by atoms with Crippen LogP contribution in [-0.4, -0.2) is 26.4 Å². The summed E-state index contributed by atoms with van der Waals surface area (Å²) in [4.78, 5) is 0. The first kappa shape index (κ1) is 18.8. The van der Waals surface area contributed by atoms with E-state index < -0.39 is 6.10 Å². The smallest absolute Gasteiger partial charge is 0.161 e. The van der Waals surface area contributed by atoms with Crippen molar-refractivity contribution in [3.05, 3.63) is 56.5 Å².